The number of halogens is 5. The topological polar surface area (TPSA) is 9.23 Å². The molecular weight excluding hydrogens is 459 g/mol. The Balaban J connectivity index is 1.41. The van der Waals surface area contributed by atoms with E-state index in [0.29, 0.717) is 35.3 Å². The summed E-state index contributed by atoms with van der Waals surface area (Å²) in [4.78, 5) is 0. The van der Waals surface area contributed by atoms with Crippen molar-refractivity contribution in [2.75, 3.05) is 6.61 Å². The van der Waals surface area contributed by atoms with Gasteiger partial charge in [0.25, 0.3) is 0 Å². The molecule has 188 valence electrons. The molecule has 0 spiro atoms. The second-order valence-electron chi connectivity index (χ2n) is 9.69. The minimum absolute atomic E-state index is 0.272. The molecule has 0 unspecified atom stereocenters. The molecule has 0 saturated heterocycles. The van der Waals surface area contributed by atoms with Crippen LogP contribution in [0.1, 0.15) is 68.1 Å². The van der Waals surface area contributed by atoms with Gasteiger partial charge in [-0.1, -0.05) is 56.2 Å². The van der Waals surface area contributed by atoms with Crippen molar-refractivity contribution in [3.05, 3.63) is 76.9 Å². The van der Waals surface area contributed by atoms with Crippen LogP contribution in [0.5, 0.6) is 5.75 Å². The van der Waals surface area contributed by atoms with Gasteiger partial charge in [0.1, 0.15) is 5.82 Å². The van der Waals surface area contributed by atoms with Crippen molar-refractivity contribution in [1.29, 1.82) is 0 Å². The molecule has 0 aromatic heterocycles. The lowest BCUT2D eigenvalue weighted by Crippen LogP contribution is -2.19. The molecular formula is C29H31F5O. The Morgan fingerprint density at radius 3 is 2.34 bits per heavy atom. The molecule has 1 fully saturated rings. The quantitative estimate of drug-likeness (QED) is 0.287. The molecule has 1 saturated carbocycles. The fraction of sp³-hybridized carbons (Fsp3) is 0.448. The van der Waals surface area contributed by atoms with Crippen LogP contribution < -0.4 is 4.74 Å². The van der Waals surface area contributed by atoms with E-state index in [2.05, 4.69) is 23.8 Å². The van der Waals surface area contributed by atoms with Crippen molar-refractivity contribution in [1.82, 2.24) is 0 Å². The molecule has 6 heteroatoms. The highest BCUT2D eigenvalue weighted by atomic mass is 19.4. The zero-order valence-corrected chi connectivity index (χ0v) is 19.9. The molecule has 1 aliphatic rings. The maximum atomic E-state index is 15.2. The summed E-state index contributed by atoms with van der Waals surface area (Å²) in [5.41, 5.74) is 2.38. The molecule has 0 heterocycles. The minimum atomic E-state index is -4.53. The summed E-state index contributed by atoms with van der Waals surface area (Å²) in [5.74, 6) is -0.201. The Bertz CT molecular complexity index is 1150. The Kier molecular flexibility index (Phi) is 7.98. The number of ether oxygens (including phenoxy) is 1. The lowest BCUT2D eigenvalue weighted by molar-refractivity contribution is -0.153. The van der Waals surface area contributed by atoms with Crippen molar-refractivity contribution < 1.29 is 26.7 Å². The lowest BCUT2D eigenvalue weighted by atomic mass is 9.77. The van der Waals surface area contributed by atoms with Gasteiger partial charge in [-0.25, -0.2) is 8.78 Å². The van der Waals surface area contributed by atoms with Gasteiger partial charge in [0.2, 0.25) is 0 Å². The molecule has 0 amide bonds. The van der Waals surface area contributed by atoms with Crippen molar-refractivity contribution in [3.8, 4) is 5.75 Å². The Morgan fingerprint density at radius 2 is 1.66 bits per heavy atom. The van der Waals surface area contributed by atoms with Gasteiger partial charge in [-0.05, 0) is 84.6 Å². The molecule has 0 aliphatic heterocycles. The van der Waals surface area contributed by atoms with Gasteiger partial charge in [0.15, 0.2) is 18.2 Å². The molecule has 4 rings (SSSR count). The highest BCUT2D eigenvalue weighted by Gasteiger charge is 2.29. The lowest BCUT2D eigenvalue weighted by Gasteiger charge is -2.28. The Labute approximate surface area is 203 Å². The highest BCUT2D eigenvalue weighted by Crippen LogP contribution is 2.38. The van der Waals surface area contributed by atoms with Crippen LogP contribution in [0.3, 0.4) is 0 Å². The second kappa shape index (κ2) is 11.0. The fourth-order valence-corrected chi connectivity index (χ4v) is 5.25. The smallest absolute Gasteiger partial charge is 0.422 e. The number of hydrogen-bond donors (Lipinski definition) is 0. The van der Waals surface area contributed by atoms with E-state index in [1.807, 2.05) is 12.1 Å². The van der Waals surface area contributed by atoms with Crippen molar-refractivity contribution in [2.24, 2.45) is 5.92 Å². The average Bonchev–Trinajstić information content (AvgIpc) is 2.83. The summed E-state index contributed by atoms with van der Waals surface area (Å²) in [6, 6.07) is 13.6. The SMILES string of the molecule is CCCC1CCC(c2ccc3c(F)c(CCc4ccc(OCC(F)(F)F)c(F)c4)ccc3c2)CC1. The number of alkyl halides is 3. The first-order valence-electron chi connectivity index (χ1n) is 12.4. The highest BCUT2D eigenvalue weighted by molar-refractivity contribution is 5.84. The first-order valence-corrected chi connectivity index (χ1v) is 12.4. The van der Waals surface area contributed by atoms with E-state index >= 15 is 4.39 Å². The van der Waals surface area contributed by atoms with Crippen LogP contribution in [0.15, 0.2) is 48.5 Å². The summed E-state index contributed by atoms with van der Waals surface area (Å²) in [5, 5.41) is 1.46. The van der Waals surface area contributed by atoms with Gasteiger partial charge in [-0.15, -0.1) is 0 Å². The molecule has 3 aromatic carbocycles. The molecule has 0 N–H and O–H groups in total. The maximum Gasteiger partial charge on any atom is 0.422 e. The van der Waals surface area contributed by atoms with Crippen molar-refractivity contribution >= 4 is 10.8 Å². The third kappa shape index (κ3) is 6.53. The average molecular weight is 491 g/mol. The number of benzene rings is 3. The summed E-state index contributed by atoms with van der Waals surface area (Å²) in [7, 11) is 0. The van der Waals surface area contributed by atoms with Gasteiger partial charge >= 0.3 is 6.18 Å². The zero-order chi connectivity index (χ0) is 25.0. The van der Waals surface area contributed by atoms with E-state index in [-0.39, 0.29) is 5.82 Å². The summed E-state index contributed by atoms with van der Waals surface area (Å²) in [6.07, 6.45) is 3.63. The molecule has 0 bridgehead atoms. The predicted octanol–water partition coefficient (Wildman–Crippen LogP) is 8.92. The molecule has 1 nitrogen and oxygen atoms in total. The molecule has 0 atom stereocenters. The Hall–Kier alpha value is -2.63. The molecule has 0 radical (unpaired) electrons. The third-order valence-corrected chi connectivity index (χ3v) is 7.14. The van der Waals surface area contributed by atoms with E-state index in [0.717, 1.165) is 17.4 Å². The number of hydrogen-bond acceptors (Lipinski definition) is 1. The van der Waals surface area contributed by atoms with Crippen LogP contribution in [0.25, 0.3) is 10.8 Å². The second-order valence-corrected chi connectivity index (χ2v) is 9.69. The van der Waals surface area contributed by atoms with Crippen LogP contribution >= 0.6 is 0 Å². The van der Waals surface area contributed by atoms with Crippen LogP contribution in [0, 0.1) is 17.6 Å². The van der Waals surface area contributed by atoms with Gasteiger partial charge in [0.05, 0.1) is 0 Å². The Morgan fingerprint density at radius 1 is 0.886 bits per heavy atom. The predicted molar refractivity (Wildman–Crippen MR) is 129 cm³/mol. The van der Waals surface area contributed by atoms with Gasteiger partial charge in [-0.3, -0.25) is 0 Å². The first kappa shape index (κ1) is 25.5. The monoisotopic (exact) mass is 490 g/mol. The zero-order valence-electron chi connectivity index (χ0n) is 19.9. The van der Waals surface area contributed by atoms with Crippen LogP contribution in [-0.4, -0.2) is 12.8 Å². The van der Waals surface area contributed by atoms with Gasteiger partial charge in [0, 0.05) is 5.39 Å². The maximum absolute atomic E-state index is 15.2. The van der Waals surface area contributed by atoms with Gasteiger partial charge < -0.3 is 4.74 Å². The van der Waals surface area contributed by atoms with E-state index < -0.39 is 24.3 Å². The minimum Gasteiger partial charge on any atom is -0.481 e. The largest absolute Gasteiger partial charge is 0.481 e. The van der Waals surface area contributed by atoms with E-state index in [1.54, 1.807) is 6.07 Å². The number of fused-ring (bicyclic) bond motifs is 1. The fourth-order valence-electron chi connectivity index (χ4n) is 5.25. The third-order valence-electron chi connectivity index (χ3n) is 7.14. The van der Waals surface area contributed by atoms with Crippen LogP contribution in [0.4, 0.5) is 22.0 Å². The molecule has 1 aliphatic carbocycles. The van der Waals surface area contributed by atoms with Crippen molar-refractivity contribution in [2.45, 2.75) is 70.4 Å². The summed E-state index contributed by atoms with van der Waals surface area (Å²) in [6.45, 7) is 0.692. The van der Waals surface area contributed by atoms with E-state index in [4.69, 9.17) is 0 Å². The molecule has 3 aromatic rings. The van der Waals surface area contributed by atoms with Gasteiger partial charge in [-0.2, -0.15) is 13.2 Å². The number of rotatable bonds is 8. The first-order chi connectivity index (χ1) is 16.7. The normalized spacial score (nSPS) is 18.7. The van der Waals surface area contributed by atoms with E-state index in [1.165, 1.54) is 56.2 Å². The van der Waals surface area contributed by atoms with Crippen LogP contribution in [-0.2, 0) is 12.8 Å². The van der Waals surface area contributed by atoms with Crippen LogP contribution in [0.2, 0.25) is 0 Å². The molecule has 35 heavy (non-hydrogen) atoms. The summed E-state index contributed by atoms with van der Waals surface area (Å²) < 4.78 is 70.7. The summed E-state index contributed by atoms with van der Waals surface area (Å²) >= 11 is 0. The van der Waals surface area contributed by atoms with E-state index in [9.17, 15) is 17.6 Å². The standard InChI is InChI=1S/C29H31F5O/c1-2-3-19-4-8-21(9-5-19)23-13-14-25-24(17-23)12-11-22(28(25)31)10-6-20-7-15-27(26(30)16-20)35-18-29(32,33)34/h7,11-17,19,21H,2-6,8-10,18H2,1H3. The van der Waals surface area contributed by atoms with Crippen molar-refractivity contribution in [3.63, 3.8) is 0 Å². The number of aryl methyl sites for hydroxylation is 2.